The third kappa shape index (κ3) is 5.02. The van der Waals surface area contributed by atoms with E-state index in [4.69, 9.17) is 11.6 Å². The van der Waals surface area contributed by atoms with Gasteiger partial charge in [0.1, 0.15) is 10.7 Å². The summed E-state index contributed by atoms with van der Waals surface area (Å²) in [6.45, 7) is 2.50. The van der Waals surface area contributed by atoms with Crippen LogP contribution < -0.4 is 10.0 Å². The van der Waals surface area contributed by atoms with Crippen LogP contribution in [0.25, 0.3) is 15.9 Å². The second-order valence-electron chi connectivity index (χ2n) is 8.50. The van der Waals surface area contributed by atoms with Crippen LogP contribution in [0, 0.1) is 6.92 Å². The van der Waals surface area contributed by atoms with E-state index < -0.39 is 10.0 Å². The molecule has 1 aliphatic heterocycles. The molecule has 0 atom stereocenters. The number of hydrogen-bond acceptors (Lipinski definition) is 6. The van der Waals surface area contributed by atoms with Crippen molar-refractivity contribution in [2.75, 3.05) is 11.9 Å². The SMILES string of the molecule is Cc1nn(-c2ccccc2Cl)c2sc(C(=O)Nc3cccc(S(=O)(=O)NC4=NCCCCC4)c3)cc12. The molecular weight excluding hydrogens is 518 g/mol. The summed E-state index contributed by atoms with van der Waals surface area (Å²) < 4.78 is 30.2. The monoisotopic (exact) mass is 541 g/mol. The van der Waals surface area contributed by atoms with E-state index in [-0.39, 0.29) is 10.8 Å². The molecule has 36 heavy (non-hydrogen) atoms. The molecule has 5 rings (SSSR count). The summed E-state index contributed by atoms with van der Waals surface area (Å²) >= 11 is 7.66. The van der Waals surface area contributed by atoms with E-state index in [0.29, 0.717) is 34.4 Å². The highest BCUT2D eigenvalue weighted by molar-refractivity contribution is 7.90. The lowest BCUT2D eigenvalue weighted by Gasteiger charge is -2.11. The van der Waals surface area contributed by atoms with Crippen molar-refractivity contribution in [2.45, 2.75) is 37.5 Å². The lowest BCUT2D eigenvalue weighted by Crippen LogP contribution is -2.30. The van der Waals surface area contributed by atoms with Crippen LogP contribution in [0.1, 0.15) is 41.0 Å². The number of amidine groups is 1. The average Bonchev–Trinajstić information content (AvgIpc) is 3.31. The highest BCUT2D eigenvalue weighted by atomic mass is 35.5. The number of para-hydroxylation sites is 1. The van der Waals surface area contributed by atoms with Gasteiger partial charge in [0.25, 0.3) is 15.9 Å². The van der Waals surface area contributed by atoms with Gasteiger partial charge in [0, 0.05) is 24.0 Å². The van der Waals surface area contributed by atoms with Gasteiger partial charge >= 0.3 is 0 Å². The van der Waals surface area contributed by atoms with Gasteiger partial charge in [-0.3, -0.25) is 14.5 Å². The van der Waals surface area contributed by atoms with E-state index in [2.05, 4.69) is 20.1 Å². The number of benzene rings is 2. The van der Waals surface area contributed by atoms with Crippen molar-refractivity contribution in [1.82, 2.24) is 14.5 Å². The number of halogens is 1. The Morgan fingerprint density at radius 1 is 1.08 bits per heavy atom. The molecule has 1 amide bonds. The minimum atomic E-state index is -3.81. The van der Waals surface area contributed by atoms with Gasteiger partial charge in [0.05, 0.1) is 26.2 Å². The zero-order valence-corrected chi connectivity index (χ0v) is 21.9. The largest absolute Gasteiger partial charge is 0.321 e. The van der Waals surface area contributed by atoms with Gasteiger partial charge < -0.3 is 5.32 Å². The van der Waals surface area contributed by atoms with Crippen LogP contribution in [-0.4, -0.2) is 36.5 Å². The van der Waals surface area contributed by atoms with Gasteiger partial charge in [0.15, 0.2) is 0 Å². The van der Waals surface area contributed by atoms with Crippen molar-refractivity contribution in [1.29, 1.82) is 0 Å². The number of nitrogens with one attached hydrogen (secondary N) is 2. The third-order valence-corrected chi connectivity index (χ3v) is 8.69. The third-order valence-electron chi connectivity index (χ3n) is 5.88. The minimum absolute atomic E-state index is 0.0637. The van der Waals surface area contributed by atoms with Crippen molar-refractivity contribution in [3.63, 3.8) is 0 Å². The van der Waals surface area contributed by atoms with E-state index >= 15 is 0 Å². The summed E-state index contributed by atoms with van der Waals surface area (Å²) in [6.07, 6.45) is 3.50. The molecular formula is C25H24ClN5O3S2. The van der Waals surface area contributed by atoms with Crippen LogP contribution in [0.4, 0.5) is 5.69 Å². The first kappa shape index (κ1) is 24.5. The maximum Gasteiger partial charge on any atom is 0.265 e. The molecule has 2 aromatic heterocycles. The molecule has 2 N–H and O–H groups in total. The number of amides is 1. The smallest absolute Gasteiger partial charge is 0.265 e. The molecule has 0 aliphatic carbocycles. The number of aliphatic imine (C=N–C) groups is 1. The topological polar surface area (TPSA) is 105 Å². The van der Waals surface area contributed by atoms with Gasteiger partial charge in [-0.25, -0.2) is 13.1 Å². The zero-order chi connectivity index (χ0) is 25.3. The number of carbonyl (C=O) groups excluding carboxylic acids is 1. The number of carbonyl (C=O) groups is 1. The molecule has 1 aliphatic rings. The molecule has 3 heterocycles. The first-order chi connectivity index (χ1) is 17.3. The number of nitrogens with zero attached hydrogens (tertiary/aromatic N) is 3. The number of sulfonamides is 1. The molecule has 0 bridgehead atoms. The molecule has 2 aromatic carbocycles. The fourth-order valence-corrected chi connectivity index (χ4v) is 6.47. The van der Waals surface area contributed by atoms with Crippen LogP contribution in [0.3, 0.4) is 0 Å². The molecule has 11 heteroatoms. The maximum absolute atomic E-state index is 13.1. The summed E-state index contributed by atoms with van der Waals surface area (Å²) in [4.78, 5) is 18.8. The Balaban J connectivity index is 1.38. The number of hydrogen-bond donors (Lipinski definition) is 2. The number of aryl methyl sites for hydroxylation is 1. The van der Waals surface area contributed by atoms with Gasteiger partial charge in [-0.15, -0.1) is 11.3 Å². The molecule has 4 aromatic rings. The normalized spacial score (nSPS) is 14.3. The average molecular weight is 542 g/mol. The first-order valence-corrected chi connectivity index (χ1v) is 14.2. The lowest BCUT2D eigenvalue weighted by molar-refractivity contribution is 0.103. The summed E-state index contributed by atoms with van der Waals surface area (Å²) in [6, 6.07) is 15.4. The van der Waals surface area contributed by atoms with Gasteiger partial charge in [-0.05, 0) is 56.2 Å². The van der Waals surface area contributed by atoms with Crippen molar-refractivity contribution < 1.29 is 13.2 Å². The Morgan fingerprint density at radius 2 is 1.92 bits per heavy atom. The molecule has 0 fully saturated rings. The Kier molecular flexibility index (Phi) is 6.83. The number of anilines is 1. The first-order valence-electron chi connectivity index (χ1n) is 11.5. The van der Waals surface area contributed by atoms with E-state index in [0.717, 1.165) is 40.9 Å². The molecule has 0 saturated carbocycles. The van der Waals surface area contributed by atoms with Crippen molar-refractivity contribution in [3.05, 3.63) is 70.2 Å². The van der Waals surface area contributed by atoms with Crippen molar-refractivity contribution >= 4 is 60.6 Å². The Hall–Kier alpha value is -3.21. The summed E-state index contributed by atoms with van der Waals surface area (Å²) in [5.41, 5.74) is 1.89. The molecule has 0 saturated heterocycles. The predicted octanol–water partition coefficient (Wildman–Crippen LogP) is 5.55. The molecule has 186 valence electrons. The van der Waals surface area contributed by atoms with Crippen LogP contribution in [0.5, 0.6) is 0 Å². The zero-order valence-electron chi connectivity index (χ0n) is 19.5. The summed E-state index contributed by atoms with van der Waals surface area (Å²) in [5, 5.41) is 8.82. The number of fused-ring (bicyclic) bond motifs is 1. The fraction of sp³-hybridized carbons (Fsp3) is 0.240. The van der Waals surface area contributed by atoms with Gasteiger partial charge in [-0.1, -0.05) is 36.2 Å². The van der Waals surface area contributed by atoms with E-state index in [9.17, 15) is 13.2 Å². The van der Waals surface area contributed by atoms with Crippen LogP contribution in [0.15, 0.2) is 64.5 Å². The standard InChI is InChI=1S/C25H24ClN5O3S2/c1-16-19-15-22(35-25(19)31(29-16)21-11-5-4-10-20(21)26)24(32)28-17-8-7-9-18(14-17)36(33,34)30-23-12-3-2-6-13-27-23/h4-5,7-11,14-15H,2-3,6,12-13H2,1H3,(H,27,30)(H,28,32). The van der Waals surface area contributed by atoms with E-state index in [1.807, 2.05) is 25.1 Å². The lowest BCUT2D eigenvalue weighted by atomic mass is 10.2. The van der Waals surface area contributed by atoms with Gasteiger partial charge in [0.2, 0.25) is 0 Å². The van der Waals surface area contributed by atoms with Crippen molar-refractivity contribution in [3.8, 4) is 5.69 Å². The Labute approximate surface area is 218 Å². The van der Waals surface area contributed by atoms with Gasteiger partial charge in [-0.2, -0.15) is 5.10 Å². The Morgan fingerprint density at radius 3 is 2.75 bits per heavy atom. The van der Waals surface area contributed by atoms with Crippen LogP contribution >= 0.6 is 22.9 Å². The molecule has 0 spiro atoms. The molecule has 0 unspecified atom stereocenters. The second-order valence-corrected chi connectivity index (χ2v) is 11.6. The van der Waals surface area contributed by atoms with Crippen LogP contribution in [-0.2, 0) is 10.0 Å². The fourth-order valence-electron chi connectivity index (χ4n) is 4.05. The predicted molar refractivity (Wildman–Crippen MR) is 144 cm³/mol. The summed E-state index contributed by atoms with van der Waals surface area (Å²) in [7, 11) is -3.81. The second kappa shape index (κ2) is 10.0. The number of aromatic nitrogens is 2. The molecule has 8 nitrogen and oxygen atoms in total. The molecule has 0 radical (unpaired) electrons. The highest BCUT2D eigenvalue weighted by Gasteiger charge is 2.20. The quantitative estimate of drug-likeness (QED) is 0.345. The van der Waals surface area contributed by atoms with E-state index in [1.54, 1.807) is 28.9 Å². The minimum Gasteiger partial charge on any atom is -0.321 e. The summed E-state index contributed by atoms with van der Waals surface area (Å²) in [5.74, 6) is 0.145. The number of rotatable bonds is 5. The van der Waals surface area contributed by atoms with Crippen LogP contribution in [0.2, 0.25) is 5.02 Å². The van der Waals surface area contributed by atoms with E-state index in [1.165, 1.54) is 23.5 Å². The highest BCUT2D eigenvalue weighted by Crippen LogP contribution is 2.33. The van der Waals surface area contributed by atoms with Crippen molar-refractivity contribution in [2.24, 2.45) is 4.99 Å². The Bertz CT molecular complexity index is 1590. The number of thiophene rings is 1. The maximum atomic E-state index is 13.1.